The molecule has 2 aliphatic heterocycles. The van der Waals surface area contributed by atoms with Gasteiger partial charge in [-0.2, -0.15) is 4.31 Å². The van der Waals surface area contributed by atoms with E-state index in [1.54, 1.807) is 31.2 Å². The Morgan fingerprint density at radius 2 is 1.73 bits per heavy atom. The molecular weight excluding hydrogens is 568 g/mol. The average Bonchev–Trinajstić information content (AvgIpc) is 3.34. The van der Waals surface area contributed by atoms with Gasteiger partial charge < -0.3 is 19.7 Å². The maximum absolute atomic E-state index is 13.4. The molecule has 3 aromatic rings. The number of fused-ring (bicyclic) bond motifs is 1. The van der Waals surface area contributed by atoms with E-state index in [0.29, 0.717) is 39.0 Å². The Labute approximate surface area is 240 Å². The van der Waals surface area contributed by atoms with E-state index in [1.807, 2.05) is 30.3 Å². The van der Waals surface area contributed by atoms with Crippen LogP contribution in [-0.4, -0.2) is 87.4 Å². The topological polar surface area (TPSA) is 142 Å². The van der Waals surface area contributed by atoms with Gasteiger partial charge >= 0.3 is 0 Å². The zero-order chi connectivity index (χ0) is 29.3. The first-order chi connectivity index (χ1) is 19.5. The number of piperidine rings is 1. The van der Waals surface area contributed by atoms with Crippen LogP contribution in [0.15, 0.2) is 76.5 Å². The highest BCUT2D eigenvalue weighted by molar-refractivity contribution is 7.91. The van der Waals surface area contributed by atoms with Crippen LogP contribution in [0.25, 0.3) is 10.8 Å². The molecule has 3 N–H and O–H groups in total. The number of benzene rings is 3. The molecule has 10 nitrogen and oxygen atoms in total. The molecule has 0 aliphatic carbocycles. The van der Waals surface area contributed by atoms with Gasteiger partial charge in [0.05, 0.1) is 34.4 Å². The summed E-state index contributed by atoms with van der Waals surface area (Å²) in [6.07, 6.45) is -0.0404. The third kappa shape index (κ3) is 6.59. The number of sulfone groups is 1. The van der Waals surface area contributed by atoms with Crippen LogP contribution >= 0.6 is 0 Å². The summed E-state index contributed by atoms with van der Waals surface area (Å²) < 4.78 is 65.1. The highest BCUT2D eigenvalue weighted by Crippen LogP contribution is 2.38. The Kier molecular flexibility index (Phi) is 8.72. The largest absolute Gasteiger partial charge is 0.473 e. The minimum absolute atomic E-state index is 0.0296. The van der Waals surface area contributed by atoms with E-state index in [2.05, 4.69) is 5.32 Å². The van der Waals surface area contributed by atoms with Crippen molar-refractivity contribution in [3.63, 3.8) is 0 Å². The molecule has 2 heterocycles. The van der Waals surface area contributed by atoms with Gasteiger partial charge in [0.2, 0.25) is 10.0 Å². The molecule has 0 saturated carbocycles. The predicted octanol–water partition coefficient (Wildman–Crippen LogP) is 2.29. The summed E-state index contributed by atoms with van der Waals surface area (Å²) in [5.41, 5.74) is -0.478. The number of sulfonamides is 1. The predicted molar refractivity (Wildman–Crippen MR) is 154 cm³/mol. The summed E-state index contributed by atoms with van der Waals surface area (Å²) in [5, 5.41) is 24.6. The maximum Gasteiger partial charge on any atom is 0.243 e. The minimum Gasteiger partial charge on any atom is -0.473 e. The lowest BCUT2D eigenvalue weighted by Gasteiger charge is -2.38. The minimum atomic E-state index is -3.65. The molecule has 2 fully saturated rings. The third-order valence-corrected chi connectivity index (χ3v) is 11.4. The SMILES string of the molecule is CC(O)C(NC1COC2(CCN(S(=O)(=O)c3ccc4ccccc4c3)CC2)C1)Oc1cccc(S(=O)(=O)CCO)c1. The van der Waals surface area contributed by atoms with E-state index in [-0.39, 0.29) is 21.6 Å². The molecule has 0 aromatic heterocycles. The summed E-state index contributed by atoms with van der Waals surface area (Å²) in [5.74, 6) is -0.125. The number of nitrogens with zero attached hydrogens (tertiary/aromatic N) is 1. The summed E-state index contributed by atoms with van der Waals surface area (Å²) in [6, 6.07) is 18.7. The van der Waals surface area contributed by atoms with Crippen LogP contribution in [0.5, 0.6) is 5.75 Å². The molecule has 3 unspecified atom stereocenters. The normalized spacial score (nSPS) is 21.2. The molecule has 0 amide bonds. The number of hydrogen-bond acceptors (Lipinski definition) is 9. The van der Waals surface area contributed by atoms with Crippen molar-refractivity contribution < 1.29 is 36.5 Å². The second-order valence-corrected chi connectivity index (χ2v) is 14.8. The quantitative estimate of drug-likeness (QED) is 0.297. The van der Waals surface area contributed by atoms with Crippen molar-refractivity contribution in [1.82, 2.24) is 9.62 Å². The molecule has 2 aliphatic rings. The first kappa shape index (κ1) is 29.9. The van der Waals surface area contributed by atoms with Crippen LogP contribution in [0.4, 0.5) is 0 Å². The van der Waals surface area contributed by atoms with E-state index < -0.39 is 50.2 Å². The van der Waals surface area contributed by atoms with Gasteiger partial charge in [0, 0.05) is 19.1 Å². The van der Waals surface area contributed by atoms with Crippen LogP contribution in [0.1, 0.15) is 26.2 Å². The molecule has 3 atom stereocenters. The third-order valence-electron chi connectivity index (χ3n) is 7.83. The number of aliphatic hydroxyl groups is 2. The summed E-state index contributed by atoms with van der Waals surface area (Å²) in [4.78, 5) is 0.311. The monoisotopic (exact) mass is 604 g/mol. The van der Waals surface area contributed by atoms with Crippen LogP contribution in [0, 0.1) is 0 Å². The van der Waals surface area contributed by atoms with Gasteiger partial charge in [0.1, 0.15) is 11.9 Å². The molecule has 41 heavy (non-hydrogen) atoms. The average molecular weight is 605 g/mol. The van der Waals surface area contributed by atoms with Crippen LogP contribution in [0.2, 0.25) is 0 Å². The van der Waals surface area contributed by atoms with Crippen molar-refractivity contribution in [2.24, 2.45) is 0 Å². The molecular formula is C29H36N2O8S2. The Hall–Kier alpha value is -2.58. The van der Waals surface area contributed by atoms with Gasteiger partial charge in [0.15, 0.2) is 16.1 Å². The summed E-state index contributed by atoms with van der Waals surface area (Å²) >= 11 is 0. The van der Waals surface area contributed by atoms with Crippen molar-refractivity contribution >= 4 is 30.6 Å². The van der Waals surface area contributed by atoms with Gasteiger partial charge in [-0.25, -0.2) is 16.8 Å². The first-order valence-electron chi connectivity index (χ1n) is 13.7. The fourth-order valence-electron chi connectivity index (χ4n) is 5.54. The fraction of sp³-hybridized carbons (Fsp3) is 0.448. The highest BCUT2D eigenvalue weighted by atomic mass is 32.2. The molecule has 0 bridgehead atoms. The van der Waals surface area contributed by atoms with Crippen LogP contribution in [-0.2, 0) is 24.6 Å². The molecule has 12 heteroatoms. The molecule has 1 spiro atoms. The molecule has 3 aromatic carbocycles. The number of rotatable bonds is 10. The van der Waals surface area contributed by atoms with E-state index in [1.165, 1.54) is 16.4 Å². The Balaban J connectivity index is 1.20. The van der Waals surface area contributed by atoms with E-state index in [4.69, 9.17) is 14.6 Å². The van der Waals surface area contributed by atoms with Gasteiger partial charge in [-0.15, -0.1) is 0 Å². The zero-order valence-corrected chi connectivity index (χ0v) is 24.5. The smallest absolute Gasteiger partial charge is 0.243 e. The lowest BCUT2D eigenvalue weighted by Crippen LogP contribution is -2.50. The fourth-order valence-corrected chi connectivity index (χ4v) is 8.08. The Morgan fingerprint density at radius 3 is 2.44 bits per heavy atom. The standard InChI is InChI=1S/C29H36N2O8S2/c1-21(33)28(39-25-7-4-8-26(18-25)40(34,35)16-15-32)30-24-19-29(38-20-24)11-13-31(14-12-29)41(36,37)27-10-9-22-5-2-3-6-23(22)17-27/h2-10,17-18,21,24,28,30,32-33H,11-16,19-20H2,1H3. The molecule has 5 rings (SSSR count). The first-order valence-corrected chi connectivity index (χ1v) is 16.8. The van der Waals surface area contributed by atoms with Gasteiger partial charge in [-0.1, -0.05) is 36.4 Å². The van der Waals surface area contributed by atoms with E-state index in [9.17, 15) is 21.9 Å². The lowest BCUT2D eigenvalue weighted by atomic mass is 9.88. The zero-order valence-electron chi connectivity index (χ0n) is 22.8. The van der Waals surface area contributed by atoms with Crippen molar-refractivity contribution in [2.75, 3.05) is 32.1 Å². The van der Waals surface area contributed by atoms with Gasteiger partial charge in [-0.3, -0.25) is 5.32 Å². The van der Waals surface area contributed by atoms with Crippen molar-refractivity contribution in [2.45, 2.75) is 60.0 Å². The summed E-state index contributed by atoms with van der Waals surface area (Å²) in [6.45, 7) is 2.14. The van der Waals surface area contributed by atoms with Gasteiger partial charge in [0.25, 0.3) is 0 Å². The van der Waals surface area contributed by atoms with Gasteiger partial charge in [-0.05, 0) is 67.3 Å². The molecule has 0 radical (unpaired) electrons. The second kappa shape index (κ2) is 12.0. The highest BCUT2D eigenvalue weighted by Gasteiger charge is 2.45. The Bertz CT molecular complexity index is 1590. The van der Waals surface area contributed by atoms with Crippen molar-refractivity contribution in [3.05, 3.63) is 66.7 Å². The maximum atomic E-state index is 13.4. The second-order valence-electron chi connectivity index (χ2n) is 10.8. The Morgan fingerprint density at radius 1 is 1.00 bits per heavy atom. The number of aliphatic hydroxyl groups excluding tert-OH is 2. The van der Waals surface area contributed by atoms with Crippen LogP contribution < -0.4 is 10.1 Å². The van der Waals surface area contributed by atoms with Crippen LogP contribution in [0.3, 0.4) is 0 Å². The van der Waals surface area contributed by atoms with Crippen molar-refractivity contribution in [1.29, 1.82) is 0 Å². The van der Waals surface area contributed by atoms with E-state index in [0.717, 1.165) is 10.8 Å². The van der Waals surface area contributed by atoms with Crippen molar-refractivity contribution in [3.8, 4) is 5.75 Å². The number of ether oxygens (including phenoxy) is 2. The summed E-state index contributed by atoms with van der Waals surface area (Å²) in [7, 11) is -7.30. The molecule has 222 valence electrons. The van der Waals surface area contributed by atoms with E-state index >= 15 is 0 Å². The number of nitrogens with one attached hydrogen (secondary N) is 1. The molecule has 2 saturated heterocycles. The lowest BCUT2D eigenvalue weighted by molar-refractivity contribution is -0.0317. The number of hydrogen-bond donors (Lipinski definition) is 3.